The van der Waals surface area contributed by atoms with Gasteiger partial charge in [0.1, 0.15) is 5.58 Å². The molecule has 2 aromatic heterocycles. The van der Waals surface area contributed by atoms with Gasteiger partial charge in [0.25, 0.3) is 5.89 Å². The molecule has 92 valence electrons. The second kappa shape index (κ2) is 4.46. The first-order valence-electron chi connectivity index (χ1n) is 5.65. The summed E-state index contributed by atoms with van der Waals surface area (Å²) >= 11 is 5.62. The van der Waals surface area contributed by atoms with Gasteiger partial charge in [0, 0.05) is 17.7 Å². The van der Waals surface area contributed by atoms with Crippen LogP contribution in [0.3, 0.4) is 0 Å². The van der Waals surface area contributed by atoms with Gasteiger partial charge in [0.05, 0.1) is 0 Å². The van der Waals surface area contributed by atoms with Crippen LogP contribution in [0.1, 0.15) is 11.5 Å². The van der Waals surface area contributed by atoms with Crippen LogP contribution in [0.5, 0.6) is 0 Å². The smallest absolute Gasteiger partial charge is 0.283 e. The summed E-state index contributed by atoms with van der Waals surface area (Å²) in [5, 5.41) is 8.89. The largest absolute Gasteiger partial charge is 0.451 e. The number of hydrogen-bond donors (Lipinski definition) is 0. The number of hydrogen-bond acceptors (Lipinski definition) is 4. The van der Waals surface area contributed by atoms with Crippen LogP contribution in [-0.4, -0.2) is 16.1 Å². The standard InChI is InChI=1S/C13H11ClN2O2/c1-8-2-3-10-9(6-8)7-11(17-10)13-16-15-12(18-13)4-5-14/h2-3,6-7H,4-5H2,1H3. The number of nitrogens with zero attached hydrogens (tertiary/aromatic N) is 2. The van der Waals surface area contributed by atoms with Crippen LogP contribution in [-0.2, 0) is 6.42 Å². The predicted octanol–water partition coefficient (Wildman–Crippen LogP) is 3.57. The molecule has 0 spiro atoms. The van der Waals surface area contributed by atoms with Crippen molar-refractivity contribution < 1.29 is 8.83 Å². The van der Waals surface area contributed by atoms with Crippen LogP contribution in [0.25, 0.3) is 22.6 Å². The van der Waals surface area contributed by atoms with Crippen molar-refractivity contribution in [2.24, 2.45) is 0 Å². The van der Waals surface area contributed by atoms with E-state index in [0.29, 0.717) is 29.8 Å². The Hall–Kier alpha value is -1.81. The van der Waals surface area contributed by atoms with Crippen molar-refractivity contribution in [3.63, 3.8) is 0 Å². The van der Waals surface area contributed by atoms with E-state index in [-0.39, 0.29) is 0 Å². The molecule has 0 N–H and O–H groups in total. The SMILES string of the molecule is Cc1ccc2oc(-c3nnc(CCCl)o3)cc2c1. The highest BCUT2D eigenvalue weighted by Crippen LogP contribution is 2.27. The number of rotatable bonds is 3. The highest BCUT2D eigenvalue weighted by Gasteiger charge is 2.13. The first-order chi connectivity index (χ1) is 8.76. The van der Waals surface area contributed by atoms with E-state index in [2.05, 4.69) is 16.3 Å². The number of fused-ring (bicyclic) bond motifs is 1. The predicted molar refractivity (Wildman–Crippen MR) is 68.7 cm³/mol. The van der Waals surface area contributed by atoms with Crippen molar-refractivity contribution in [2.45, 2.75) is 13.3 Å². The summed E-state index contributed by atoms with van der Waals surface area (Å²) in [6.07, 6.45) is 0.563. The molecular formula is C13H11ClN2O2. The van der Waals surface area contributed by atoms with Crippen LogP contribution in [0.15, 0.2) is 33.1 Å². The number of benzene rings is 1. The molecule has 0 fully saturated rings. The monoisotopic (exact) mass is 262 g/mol. The van der Waals surface area contributed by atoms with Crippen molar-refractivity contribution in [3.05, 3.63) is 35.7 Å². The number of aromatic nitrogens is 2. The van der Waals surface area contributed by atoms with E-state index in [1.807, 2.05) is 25.1 Å². The molecular weight excluding hydrogens is 252 g/mol. The van der Waals surface area contributed by atoms with Gasteiger partial charge in [-0.2, -0.15) is 0 Å². The maximum atomic E-state index is 5.67. The maximum absolute atomic E-state index is 5.67. The van der Waals surface area contributed by atoms with Crippen LogP contribution in [0.2, 0.25) is 0 Å². The third-order valence-corrected chi connectivity index (χ3v) is 2.85. The molecule has 0 atom stereocenters. The number of alkyl halides is 1. The minimum Gasteiger partial charge on any atom is -0.451 e. The molecule has 0 aliphatic rings. The third-order valence-electron chi connectivity index (χ3n) is 2.66. The van der Waals surface area contributed by atoms with Gasteiger partial charge in [0.15, 0.2) is 5.76 Å². The Kier molecular flexibility index (Phi) is 2.80. The van der Waals surface area contributed by atoms with Crippen molar-refractivity contribution in [2.75, 3.05) is 5.88 Å². The van der Waals surface area contributed by atoms with E-state index in [9.17, 15) is 0 Å². The Labute approximate surface area is 109 Å². The zero-order valence-electron chi connectivity index (χ0n) is 9.81. The summed E-state index contributed by atoms with van der Waals surface area (Å²) in [6.45, 7) is 2.04. The van der Waals surface area contributed by atoms with E-state index in [0.717, 1.165) is 11.0 Å². The molecule has 3 rings (SSSR count). The van der Waals surface area contributed by atoms with Gasteiger partial charge < -0.3 is 8.83 Å². The average molecular weight is 263 g/mol. The summed E-state index contributed by atoms with van der Waals surface area (Å²) in [4.78, 5) is 0. The molecule has 4 nitrogen and oxygen atoms in total. The molecule has 3 aromatic rings. The molecule has 18 heavy (non-hydrogen) atoms. The lowest BCUT2D eigenvalue weighted by atomic mass is 10.2. The molecule has 1 aromatic carbocycles. The minimum absolute atomic E-state index is 0.393. The summed E-state index contributed by atoms with van der Waals surface area (Å²) < 4.78 is 11.1. The van der Waals surface area contributed by atoms with E-state index in [1.165, 1.54) is 5.56 Å². The molecule has 0 unspecified atom stereocenters. The summed E-state index contributed by atoms with van der Waals surface area (Å²) in [5.74, 6) is 1.96. The second-order valence-corrected chi connectivity index (χ2v) is 4.47. The molecule has 0 amide bonds. The molecule has 0 bridgehead atoms. The van der Waals surface area contributed by atoms with Gasteiger partial charge in [-0.15, -0.1) is 21.8 Å². The Balaban J connectivity index is 2.02. The first kappa shape index (κ1) is 11.3. The lowest BCUT2D eigenvalue weighted by Crippen LogP contribution is -1.84. The zero-order valence-corrected chi connectivity index (χ0v) is 10.6. The van der Waals surface area contributed by atoms with Gasteiger partial charge in [0.2, 0.25) is 5.89 Å². The van der Waals surface area contributed by atoms with E-state index in [4.69, 9.17) is 20.4 Å². The van der Waals surface area contributed by atoms with Crippen LogP contribution < -0.4 is 0 Å². The number of halogens is 1. The Morgan fingerprint density at radius 2 is 2.06 bits per heavy atom. The number of aryl methyl sites for hydroxylation is 2. The third kappa shape index (κ3) is 1.99. The number of furan rings is 1. The molecule has 0 aliphatic heterocycles. The van der Waals surface area contributed by atoms with E-state index in [1.54, 1.807) is 0 Å². The van der Waals surface area contributed by atoms with Crippen molar-refractivity contribution in [1.29, 1.82) is 0 Å². The van der Waals surface area contributed by atoms with Crippen LogP contribution >= 0.6 is 11.6 Å². The van der Waals surface area contributed by atoms with Crippen molar-refractivity contribution >= 4 is 22.6 Å². The minimum atomic E-state index is 0.393. The molecule has 0 saturated heterocycles. The van der Waals surface area contributed by atoms with Gasteiger partial charge >= 0.3 is 0 Å². The lowest BCUT2D eigenvalue weighted by molar-refractivity contribution is 0.493. The molecule has 0 saturated carbocycles. The summed E-state index contributed by atoms with van der Waals surface area (Å²) in [7, 11) is 0. The van der Waals surface area contributed by atoms with E-state index < -0.39 is 0 Å². The molecule has 5 heteroatoms. The normalized spacial score (nSPS) is 11.2. The lowest BCUT2D eigenvalue weighted by Gasteiger charge is -1.89. The highest BCUT2D eigenvalue weighted by atomic mass is 35.5. The maximum Gasteiger partial charge on any atom is 0.283 e. The Morgan fingerprint density at radius 1 is 1.17 bits per heavy atom. The van der Waals surface area contributed by atoms with Gasteiger partial charge in [-0.05, 0) is 25.1 Å². The van der Waals surface area contributed by atoms with E-state index >= 15 is 0 Å². The summed E-state index contributed by atoms with van der Waals surface area (Å²) in [6, 6.07) is 7.89. The van der Waals surface area contributed by atoms with Crippen molar-refractivity contribution in [3.8, 4) is 11.7 Å². The second-order valence-electron chi connectivity index (χ2n) is 4.09. The van der Waals surface area contributed by atoms with Crippen LogP contribution in [0, 0.1) is 6.92 Å². The summed E-state index contributed by atoms with van der Waals surface area (Å²) in [5.41, 5.74) is 2.00. The van der Waals surface area contributed by atoms with Gasteiger partial charge in [-0.25, -0.2) is 0 Å². The molecule has 0 radical (unpaired) electrons. The van der Waals surface area contributed by atoms with Gasteiger partial charge in [-0.3, -0.25) is 0 Å². The average Bonchev–Trinajstić information content (AvgIpc) is 2.94. The fourth-order valence-electron chi connectivity index (χ4n) is 1.80. The highest BCUT2D eigenvalue weighted by molar-refractivity contribution is 6.17. The first-order valence-corrected chi connectivity index (χ1v) is 6.18. The van der Waals surface area contributed by atoms with Gasteiger partial charge in [-0.1, -0.05) is 11.6 Å². The van der Waals surface area contributed by atoms with Crippen molar-refractivity contribution in [1.82, 2.24) is 10.2 Å². The molecule has 2 heterocycles. The topological polar surface area (TPSA) is 52.1 Å². The van der Waals surface area contributed by atoms with Crippen LogP contribution in [0.4, 0.5) is 0 Å². The Morgan fingerprint density at radius 3 is 2.89 bits per heavy atom. The zero-order chi connectivity index (χ0) is 12.5. The molecule has 0 aliphatic carbocycles. The fraction of sp³-hybridized carbons (Fsp3) is 0.231. The Bertz CT molecular complexity index is 687. The quantitative estimate of drug-likeness (QED) is 0.677. The fourth-order valence-corrected chi connectivity index (χ4v) is 1.96.